The molecule has 1 aromatic carbocycles. The van der Waals surface area contributed by atoms with Crippen LogP contribution in [0.3, 0.4) is 0 Å². The van der Waals surface area contributed by atoms with Gasteiger partial charge >= 0.3 is 5.97 Å². The van der Waals surface area contributed by atoms with Crippen molar-refractivity contribution in [3.63, 3.8) is 0 Å². The number of carbonyl (C=O) groups is 2. The van der Waals surface area contributed by atoms with Gasteiger partial charge in [-0.25, -0.2) is 4.79 Å². The Labute approximate surface area is 176 Å². The number of esters is 1. The number of rotatable bonds is 5. The van der Waals surface area contributed by atoms with E-state index in [-0.39, 0.29) is 29.4 Å². The first kappa shape index (κ1) is 22.0. The van der Waals surface area contributed by atoms with E-state index in [0.717, 1.165) is 25.9 Å². The summed E-state index contributed by atoms with van der Waals surface area (Å²) in [5.41, 5.74) is 0.448. The quantitative estimate of drug-likeness (QED) is 0.411. The Kier molecular flexibility index (Phi) is 6.91. The van der Waals surface area contributed by atoms with Gasteiger partial charge in [0.25, 0.3) is 11.6 Å². The van der Waals surface area contributed by atoms with Crippen molar-refractivity contribution >= 4 is 23.3 Å². The topological polar surface area (TPSA) is 102 Å². The Morgan fingerprint density at radius 2 is 1.80 bits per heavy atom. The van der Waals surface area contributed by atoms with Crippen LogP contribution in [0.1, 0.15) is 44.0 Å². The summed E-state index contributed by atoms with van der Waals surface area (Å²) in [5, 5.41) is 11.6. The molecule has 9 nitrogen and oxygen atoms in total. The summed E-state index contributed by atoms with van der Waals surface area (Å²) in [7, 11) is 0. The summed E-state index contributed by atoms with van der Waals surface area (Å²) < 4.78 is 10.7. The van der Waals surface area contributed by atoms with Crippen LogP contribution in [0, 0.1) is 16.0 Å². The van der Waals surface area contributed by atoms with Crippen molar-refractivity contribution in [1.82, 2.24) is 4.90 Å². The van der Waals surface area contributed by atoms with Crippen LogP contribution in [0.15, 0.2) is 18.2 Å². The molecule has 30 heavy (non-hydrogen) atoms. The van der Waals surface area contributed by atoms with Crippen LogP contribution in [-0.4, -0.2) is 66.7 Å². The molecule has 0 N–H and O–H groups in total. The molecule has 3 rings (SSSR count). The van der Waals surface area contributed by atoms with Crippen molar-refractivity contribution in [2.75, 3.05) is 37.7 Å². The molecule has 2 aliphatic rings. The lowest BCUT2D eigenvalue weighted by atomic mass is 9.98. The number of morpholine rings is 1. The lowest BCUT2D eigenvalue weighted by molar-refractivity contribution is -0.384. The fourth-order valence-electron chi connectivity index (χ4n) is 4.00. The van der Waals surface area contributed by atoms with E-state index in [9.17, 15) is 19.7 Å². The minimum absolute atomic E-state index is 0.0624. The van der Waals surface area contributed by atoms with Gasteiger partial charge in [0.1, 0.15) is 5.69 Å². The molecule has 0 unspecified atom stereocenters. The van der Waals surface area contributed by atoms with E-state index in [1.165, 1.54) is 12.1 Å². The van der Waals surface area contributed by atoms with Crippen molar-refractivity contribution in [2.24, 2.45) is 5.92 Å². The zero-order valence-corrected chi connectivity index (χ0v) is 17.7. The Morgan fingerprint density at radius 3 is 2.40 bits per heavy atom. The average molecular weight is 419 g/mol. The molecule has 1 amide bonds. The van der Waals surface area contributed by atoms with E-state index >= 15 is 0 Å². The number of nitrogens with zero attached hydrogens (tertiary/aromatic N) is 3. The van der Waals surface area contributed by atoms with Crippen molar-refractivity contribution < 1.29 is 24.0 Å². The number of benzene rings is 1. The van der Waals surface area contributed by atoms with Crippen molar-refractivity contribution in [3.8, 4) is 0 Å². The van der Waals surface area contributed by atoms with Gasteiger partial charge in [-0.05, 0) is 44.7 Å². The fourth-order valence-corrected chi connectivity index (χ4v) is 4.00. The number of nitro groups is 1. The molecule has 9 heteroatoms. The second kappa shape index (κ2) is 9.42. The lowest BCUT2D eigenvalue weighted by Gasteiger charge is -2.35. The molecule has 2 aliphatic heterocycles. The molecule has 0 aliphatic carbocycles. The molecule has 0 bridgehead atoms. The Morgan fingerprint density at radius 1 is 1.17 bits per heavy atom. The molecular formula is C21H29N3O6. The molecule has 164 valence electrons. The van der Waals surface area contributed by atoms with Gasteiger partial charge in [-0.3, -0.25) is 14.9 Å². The number of ether oxygens (including phenoxy) is 2. The maximum Gasteiger partial charge on any atom is 0.338 e. The van der Waals surface area contributed by atoms with Gasteiger partial charge in [0, 0.05) is 32.2 Å². The summed E-state index contributed by atoms with van der Waals surface area (Å²) in [6.45, 7) is 7.90. The number of hydrogen-bond donors (Lipinski definition) is 0. The van der Waals surface area contributed by atoms with Crippen LogP contribution in [0.25, 0.3) is 0 Å². The van der Waals surface area contributed by atoms with E-state index in [0.29, 0.717) is 24.7 Å². The Bertz CT molecular complexity index is 796. The zero-order chi connectivity index (χ0) is 21.8. The predicted molar refractivity (Wildman–Crippen MR) is 111 cm³/mol. The summed E-state index contributed by atoms with van der Waals surface area (Å²) in [4.78, 5) is 39.5. The molecule has 2 saturated heterocycles. The first-order valence-electron chi connectivity index (χ1n) is 10.4. The maximum atomic E-state index is 12.4. The van der Waals surface area contributed by atoms with Crippen LogP contribution >= 0.6 is 0 Å². The summed E-state index contributed by atoms with van der Waals surface area (Å²) in [5.74, 6) is -0.455. The lowest BCUT2D eigenvalue weighted by Crippen LogP contribution is -2.49. The molecule has 2 heterocycles. The number of piperidine rings is 1. The van der Waals surface area contributed by atoms with E-state index in [2.05, 4.69) is 6.92 Å². The molecule has 1 aromatic rings. The van der Waals surface area contributed by atoms with E-state index in [4.69, 9.17) is 9.47 Å². The van der Waals surface area contributed by atoms with Crippen molar-refractivity contribution in [3.05, 3.63) is 33.9 Å². The van der Waals surface area contributed by atoms with Crippen LogP contribution in [-0.2, 0) is 14.3 Å². The highest BCUT2D eigenvalue weighted by Gasteiger charge is 2.28. The first-order valence-corrected chi connectivity index (χ1v) is 10.4. The summed E-state index contributed by atoms with van der Waals surface area (Å²) in [6.07, 6.45) is 1.78. The molecule has 2 atom stereocenters. The predicted octanol–water partition coefficient (Wildman–Crippen LogP) is 2.62. The van der Waals surface area contributed by atoms with Crippen LogP contribution in [0.4, 0.5) is 11.4 Å². The Balaban J connectivity index is 1.65. The summed E-state index contributed by atoms with van der Waals surface area (Å²) in [6, 6.07) is 4.35. The SMILES string of the molecule is CC1CCN(c2ccc(C(=O)OCC(=O)N3C[C@@H](C)O[C@@H](C)C3)cc2[N+](=O)[O-])CC1. The van der Waals surface area contributed by atoms with Gasteiger partial charge < -0.3 is 19.3 Å². The minimum Gasteiger partial charge on any atom is -0.452 e. The van der Waals surface area contributed by atoms with Crippen LogP contribution in [0.5, 0.6) is 0 Å². The number of carbonyl (C=O) groups excluding carboxylic acids is 2. The second-order valence-corrected chi connectivity index (χ2v) is 8.26. The van der Waals surface area contributed by atoms with Crippen molar-refractivity contribution in [2.45, 2.75) is 45.8 Å². The first-order chi connectivity index (χ1) is 14.2. The van der Waals surface area contributed by atoms with Gasteiger partial charge in [0.15, 0.2) is 6.61 Å². The molecular weight excluding hydrogens is 390 g/mol. The molecule has 0 spiro atoms. The smallest absolute Gasteiger partial charge is 0.338 e. The normalized spacial score (nSPS) is 22.6. The molecule has 2 fully saturated rings. The van der Waals surface area contributed by atoms with Gasteiger partial charge in [0.2, 0.25) is 0 Å². The zero-order valence-electron chi connectivity index (χ0n) is 17.7. The highest BCUT2D eigenvalue weighted by molar-refractivity contribution is 5.93. The number of amides is 1. The average Bonchev–Trinajstić information content (AvgIpc) is 2.71. The van der Waals surface area contributed by atoms with Crippen LogP contribution < -0.4 is 4.90 Å². The molecule has 0 aromatic heterocycles. The van der Waals surface area contributed by atoms with Gasteiger partial charge in [-0.15, -0.1) is 0 Å². The number of hydrogen-bond acceptors (Lipinski definition) is 7. The highest BCUT2D eigenvalue weighted by Crippen LogP contribution is 2.32. The van der Waals surface area contributed by atoms with Gasteiger partial charge in [0.05, 0.1) is 22.7 Å². The third kappa shape index (κ3) is 5.27. The minimum atomic E-state index is -0.750. The Hall–Kier alpha value is -2.68. The molecule has 0 saturated carbocycles. The van der Waals surface area contributed by atoms with Gasteiger partial charge in [-0.2, -0.15) is 0 Å². The summed E-state index contributed by atoms with van der Waals surface area (Å²) >= 11 is 0. The second-order valence-electron chi connectivity index (χ2n) is 8.26. The van der Waals surface area contributed by atoms with Gasteiger partial charge in [-0.1, -0.05) is 6.92 Å². The highest BCUT2D eigenvalue weighted by atomic mass is 16.6. The van der Waals surface area contributed by atoms with E-state index in [1.54, 1.807) is 11.0 Å². The maximum absolute atomic E-state index is 12.4. The van der Waals surface area contributed by atoms with Crippen molar-refractivity contribution in [1.29, 1.82) is 0 Å². The number of anilines is 1. The third-order valence-electron chi connectivity index (χ3n) is 5.63. The molecule has 0 radical (unpaired) electrons. The standard InChI is InChI=1S/C21H29N3O6/c1-14-6-8-22(9-7-14)18-5-4-17(10-19(18)24(27)28)21(26)29-13-20(25)23-11-15(2)30-16(3)12-23/h4-5,10,14-16H,6-9,11-13H2,1-3H3/t15-,16+. The third-order valence-corrected chi connectivity index (χ3v) is 5.63. The van der Waals surface area contributed by atoms with E-state index in [1.807, 2.05) is 18.7 Å². The number of nitro benzene ring substituents is 1. The largest absolute Gasteiger partial charge is 0.452 e. The monoisotopic (exact) mass is 419 g/mol. The van der Waals surface area contributed by atoms with E-state index < -0.39 is 17.5 Å². The fraction of sp³-hybridized carbons (Fsp3) is 0.619. The van der Waals surface area contributed by atoms with Crippen LogP contribution in [0.2, 0.25) is 0 Å².